The third-order valence-corrected chi connectivity index (χ3v) is 1.79. The lowest BCUT2D eigenvalue weighted by atomic mass is 10.3. The summed E-state index contributed by atoms with van der Waals surface area (Å²) in [5.41, 5.74) is 0. The molecule has 0 aromatic carbocycles. The second-order valence-electron chi connectivity index (χ2n) is 2.17. The van der Waals surface area contributed by atoms with Crippen LogP contribution in [0, 0.1) is 0 Å². The lowest BCUT2D eigenvalue weighted by Crippen LogP contribution is -2.13. The van der Waals surface area contributed by atoms with Crippen molar-refractivity contribution in [2.45, 2.75) is 19.1 Å². The van der Waals surface area contributed by atoms with Gasteiger partial charge in [0, 0.05) is 0 Å². The Morgan fingerprint density at radius 1 is 1.80 bits per heavy atom. The summed E-state index contributed by atoms with van der Waals surface area (Å²) in [4.78, 5) is 16.6. The van der Waals surface area contributed by atoms with Crippen LogP contribution >= 0.6 is 7.82 Å². The lowest BCUT2D eigenvalue weighted by molar-refractivity contribution is 0.121. The quantitative estimate of drug-likeness (QED) is 0.453. The molecule has 0 aromatic heterocycles. The first-order valence-electron chi connectivity index (χ1n) is 2.84. The van der Waals surface area contributed by atoms with Gasteiger partial charge in [0.2, 0.25) is 0 Å². The molecule has 2 N–H and O–H groups in total. The molecule has 1 rings (SSSR count). The molecule has 2 atom stereocenters. The lowest BCUT2D eigenvalue weighted by Gasteiger charge is -2.09. The van der Waals surface area contributed by atoms with E-state index in [1.165, 1.54) is 0 Å². The summed E-state index contributed by atoms with van der Waals surface area (Å²) in [6.07, 6.45) is -0.645. The molecule has 1 fully saturated rings. The Kier molecular flexibility index (Phi) is 2.12. The van der Waals surface area contributed by atoms with Crippen LogP contribution in [0.15, 0.2) is 0 Å². The molecule has 0 radical (unpaired) electrons. The van der Waals surface area contributed by atoms with Crippen molar-refractivity contribution in [3.8, 4) is 0 Å². The Morgan fingerprint density at radius 3 is 2.60 bits per heavy atom. The van der Waals surface area contributed by atoms with E-state index < -0.39 is 13.9 Å². The van der Waals surface area contributed by atoms with Crippen LogP contribution in [-0.2, 0) is 13.8 Å². The molecule has 0 aliphatic carbocycles. The minimum absolute atomic E-state index is 0.132. The first-order valence-corrected chi connectivity index (χ1v) is 4.37. The molecule has 1 saturated heterocycles. The minimum atomic E-state index is -4.32. The Bertz CT molecular complexity index is 159. The van der Waals surface area contributed by atoms with Crippen LogP contribution in [-0.4, -0.2) is 28.6 Å². The molecule has 6 heteroatoms. The monoisotopic (exact) mass is 168 g/mol. The van der Waals surface area contributed by atoms with E-state index in [-0.39, 0.29) is 6.10 Å². The maximum absolute atomic E-state index is 10.2. The van der Waals surface area contributed by atoms with E-state index in [4.69, 9.17) is 14.5 Å². The fourth-order valence-electron chi connectivity index (χ4n) is 0.611. The van der Waals surface area contributed by atoms with Crippen molar-refractivity contribution < 1.29 is 23.6 Å². The topological polar surface area (TPSA) is 79.3 Å². The second kappa shape index (κ2) is 2.60. The Morgan fingerprint density at radius 2 is 2.30 bits per heavy atom. The summed E-state index contributed by atoms with van der Waals surface area (Å²) < 4.78 is 19.2. The van der Waals surface area contributed by atoms with E-state index in [0.717, 1.165) is 0 Å². The molecule has 1 aliphatic rings. The van der Waals surface area contributed by atoms with Gasteiger partial charge in [0.25, 0.3) is 0 Å². The van der Waals surface area contributed by atoms with Crippen molar-refractivity contribution in [3.05, 3.63) is 0 Å². The third kappa shape index (κ3) is 2.77. The zero-order valence-corrected chi connectivity index (χ0v) is 6.32. The van der Waals surface area contributed by atoms with E-state index in [2.05, 4.69) is 4.52 Å². The van der Waals surface area contributed by atoms with Gasteiger partial charge in [0.05, 0.1) is 12.7 Å². The number of hydrogen-bond acceptors (Lipinski definition) is 3. The van der Waals surface area contributed by atoms with Gasteiger partial charge < -0.3 is 14.5 Å². The Balaban J connectivity index is 2.30. The highest BCUT2D eigenvalue weighted by Crippen LogP contribution is 2.39. The first-order chi connectivity index (χ1) is 4.49. The number of epoxide rings is 1. The van der Waals surface area contributed by atoms with Gasteiger partial charge in [0.15, 0.2) is 0 Å². The molecule has 1 aliphatic heterocycles. The molecule has 10 heavy (non-hydrogen) atoms. The highest BCUT2D eigenvalue weighted by molar-refractivity contribution is 7.46. The predicted octanol–water partition coefficient (Wildman–Crippen LogP) is -0.117. The van der Waals surface area contributed by atoms with Crippen LogP contribution in [0.1, 0.15) is 6.92 Å². The fraction of sp³-hybridized carbons (Fsp3) is 1.00. The molecular weight excluding hydrogens is 159 g/mol. The van der Waals surface area contributed by atoms with Gasteiger partial charge in [-0.15, -0.1) is 0 Å². The van der Waals surface area contributed by atoms with E-state index in [0.29, 0.717) is 6.61 Å². The van der Waals surface area contributed by atoms with Crippen molar-refractivity contribution in [2.75, 3.05) is 6.61 Å². The van der Waals surface area contributed by atoms with Gasteiger partial charge in [0.1, 0.15) is 6.10 Å². The van der Waals surface area contributed by atoms with Crippen LogP contribution in [0.5, 0.6) is 0 Å². The maximum Gasteiger partial charge on any atom is 0.469 e. The van der Waals surface area contributed by atoms with Crippen LogP contribution in [0.4, 0.5) is 0 Å². The fourth-order valence-corrected chi connectivity index (χ4v) is 1.18. The number of phosphoric acid groups is 1. The van der Waals surface area contributed by atoms with E-state index in [9.17, 15) is 4.57 Å². The molecule has 0 amide bonds. The number of rotatable bonds is 3. The van der Waals surface area contributed by atoms with Crippen molar-refractivity contribution in [1.82, 2.24) is 0 Å². The minimum Gasteiger partial charge on any atom is -0.370 e. The summed E-state index contributed by atoms with van der Waals surface area (Å²) in [5, 5.41) is 0. The molecule has 0 saturated carbocycles. The van der Waals surface area contributed by atoms with Crippen molar-refractivity contribution in [2.24, 2.45) is 0 Å². The molecule has 2 unspecified atom stereocenters. The Hall–Kier alpha value is 0.0700. The van der Waals surface area contributed by atoms with Crippen LogP contribution < -0.4 is 0 Å². The van der Waals surface area contributed by atoms with Gasteiger partial charge in [-0.2, -0.15) is 0 Å². The largest absolute Gasteiger partial charge is 0.469 e. The van der Waals surface area contributed by atoms with Gasteiger partial charge in [-0.25, -0.2) is 4.57 Å². The molecular formula is C4H9O5P. The van der Waals surface area contributed by atoms with Gasteiger partial charge in [-0.05, 0) is 6.92 Å². The molecule has 60 valence electrons. The average Bonchev–Trinajstić information content (AvgIpc) is 2.35. The van der Waals surface area contributed by atoms with E-state index in [1.807, 2.05) is 0 Å². The molecule has 5 nitrogen and oxygen atoms in total. The van der Waals surface area contributed by atoms with Crippen molar-refractivity contribution in [1.29, 1.82) is 0 Å². The SMILES string of the molecule is CC(OP(=O)(O)O)C1CO1. The summed E-state index contributed by atoms with van der Waals surface area (Å²) in [6, 6.07) is 0. The van der Waals surface area contributed by atoms with Crippen LogP contribution in [0.3, 0.4) is 0 Å². The van der Waals surface area contributed by atoms with E-state index in [1.54, 1.807) is 6.92 Å². The molecule has 0 spiro atoms. The standard InChI is InChI=1S/C4H9O5P/c1-3(4-2-8-4)9-10(5,6)7/h3-4H,2H2,1H3,(H2,5,6,7). The number of ether oxygens (including phenoxy) is 1. The number of phosphoric ester groups is 1. The van der Waals surface area contributed by atoms with Gasteiger partial charge >= 0.3 is 7.82 Å². The maximum atomic E-state index is 10.2. The normalized spacial score (nSPS) is 28.1. The summed E-state index contributed by atoms with van der Waals surface area (Å²) in [7, 11) is -4.32. The number of hydrogen-bond donors (Lipinski definition) is 2. The first kappa shape index (κ1) is 8.17. The Labute approximate surface area is 58.2 Å². The third-order valence-electron chi connectivity index (χ3n) is 1.19. The van der Waals surface area contributed by atoms with Gasteiger partial charge in [-0.1, -0.05) is 0 Å². The zero-order chi connectivity index (χ0) is 7.78. The molecule has 1 heterocycles. The molecule has 0 bridgehead atoms. The summed E-state index contributed by atoms with van der Waals surface area (Å²) >= 11 is 0. The smallest absolute Gasteiger partial charge is 0.370 e. The van der Waals surface area contributed by atoms with Crippen LogP contribution in [0.25, 0.3) is 0 Å². The predicted molar refractivity (Wildman–Crippen MR) is 32.3 cm³/mol. The van der Waals surface area contributed by atoms with Crippen molar-refractivity contribution in [3.63, 3.8) is 0 Å². The highest BCUT2D eigenvalue weighted by atomic mass is 31.2. The summed E-state index contributed by atoms with van der Waals surface area (Å²) in [5.74, 6) is 0. The average molecular weight is 168 g/mol. The summed E-state index contributed by atoms with van der Waals surface area (Å²) in [6.45, 7) is 2.10. The highest BCUT2D eigenvalue weighted by Gasteiger charge is 2.34. The second-order valence-corrected chi connectivity index (χ2v) is 3.36. The van der Waals surface area contributed by atoms with E-state index >= 15 is 0 Å². The van der Waals surface area contributed by atoms with Gasteiger partial charge in [-0.3, -0.25) is 4.52 Å². The van der Waals surface area contributed by atoms with Crippen molar-refractivity contribution >= 4 is 7.82 Å². The zero-order valence-electron chi connectivity index (χ0n) is 5.43. The van der Waals surface area contributed by atoms with Crippen LogP contribution in [0.2, 0.25) is 0 Å². The molecule has 0 aromatic rings.